The number of hydrogen-bond acceptors (Lipinski definition) is 7. The molecular formula is C25H41N5O4Si. The van der Waals surface area contributed by atoms with E-state index in [4.69, 9.17) is 20.2 Å². The van der Waals surface area contributed by atoms with Gasteiger partial charge in [-0.1, -0.05) is 37.8 Å². The fourth-order valence-electron chi connectivity index (χ4n) is 3.77. The average molecular weight is 504 g/mol. The van der Waals surface area contributed by atoms with E-state index in [1.165, 1.54) is 0 Å². The molecule has 1 aromatic heterocycles. The zero-order valence-corrected chi connectivity index (χ0v) is 22.9. The number of carbonyl (C=O) groups is 1. The summed E-state index contributed by atoms with van der Waals surface area (Å²) in [6, 6.07) is 8.20. The van der Waals surface area contributed by atoms with Crippen LogP contribution in [0.2, 0.25) is 25.7 Å². The molecule has 10 heteroatoms. The Morgan fingerprint density at radius 2 is 2.00 bits per heavy atom. The Morgan fingerprint density at radius 1 is 1.29 bits per heavy atom. The number of ether oxygens (including phenoxy) is 2. The maximum absolute atomic E-state index is 12.9. The van der Waals surface area contributed by atoms with Gasteiger partial charge in [0, 0.05) is 51.6 Å². The van der Waals surface area contributed by atoms with Crippen molar-refractivity contribution in [3.63, 3.8) is 0 Å². The summed E-state index contributed by atoms with van der Waals surface area (Å²) < 4.78 is 13.5. The van der Waals surface area contributed by atoms with Gasteiger partial charge in [-0.25, -0.2) is 9.78 Å². The molecule has 35 heavy (non-hydrogen) atoms. The maximum Gasteiger partial charge on any atom is 0.410 e. The summed E-state index contributed by atoms with van der Waals surface area (Å²) in [4.78, 5) is 19.3. The molecule has 0 radical (unpaired) electrons. The molecule has 2 bridgehead atoms. The largest absolute Gasteiger partial charge is 0.444 e. The number of rotatable bonds is 5. The first kappa shape index (κ1) is 27.2. The standard InChI is InChI=1S/C25H41N5O4Si/c1-25(2,3)34-24(32)29-12-11-22(31)27-20-10-8-7-9-18(20)21-16-30(23(28-21)19(26)15-29)17-33-13-14-35(4,5)6/h7-10,16,19,22,27,31H,11-15,17,26H2,1-6H3/t19-,22?/m0/s1. The summed E-state index contributed by atoms with van der Waals surface area (Å²) in [5.41, 5.74) is 8.33. The van der Waals surface area contributed by atoms with Crippen molar-refractivity contribution in [1.29, 1.82) is 0 Å². The van der Waals surface area contributed by atoms with E-state index in [-0.39, 0.29) is 13.1 Å². The van der Waals surface area contributed by atoms with Gasteiger partial charge in [0.05, 0.1) is 11.7 Å². The van der Waals surface area contributed by atoms with Gasteiger partial charge in [-0.05, 0) is 32.9 Å². The van der Waals surface area contributed by atoms with Gasteiger partial charge in [-0.2, -0.15) is 0 Å². The minimum atomic E-state index is -1.21. The lowest BCUT2D eigenvalue weighted by Crippen LogP contribution is -2.43. The van der Waals surface area contributed by atoms with Crippen molar-refractivity contribution < 1.29 is 19.4 Å². The summed E-state index contributed by atoms with van der Waals surface area (Å²) in [5, 5.41) is 13.8. The highest BCUT2D eigenvalue weighted by molar-refractivity contribution is 6.76. The minimum Gasteiger partial charge on any atom is -0.444 e. The number of anilines is 1. The predicted octanol–water partition coefficient (Wildman–Crippen LogP) is 4.23. The van der Waals surface area contributed by atoms with E-state index in [2.05, 4.69) is 25.0 Å². The molecule has 0 fully saturated rings. The highest BCUT2D eigenvalue weighted by atomic mass is 28.3. The topological polar surface area (TPSA) is 115 Å². The lowest BCUT2D eigenvalue weighted by molar-refractivity contribution is 0.0212. The van der Waals surface area contributed by atoms with Crippen LogP contribution < -0.4 is 11.1 Å². The number of nitrogens with one attached hydrogen (secondary N) is 1. The van der Waals surface area contributed by atoms with E-state index in [0.717, 1.165) is 23.0 Å². The highest BCUT2D eigenvalue weighted by Crippen LogP contribution is 2.30. The number of aliphatic hydroxyl groups excluding tert-OH is 1. The van der Waals surface area contributed by atoms with E-state index in [1.54, 1.807) is 4.90 Å². The first-order chi connectivity index (χ1) is 16.3. The van der Waals surface area contributed by atoms with Gasteiger partial charge in [0.1, 0.15) is 24.4 Å². The van der Waals surface area contributed by atoms with Crippen LogP contribution in [-0.4, -0.2) is 65.2 Å². The second-order valence-electron chi connectivity index (χ2n) is 11.3. The smallest absolute Gasteiger partial charge is 0.410 e. The van der Waals surface area contributed by atoms with Crippen molar-refractivity contribution in [3.8, 4) is 11.3 Å². The SMILES string of the molecule is CC(C)(C)OC(=O)N1CCC(O)Nc2ccccc2-c2cn(COCC[Si](C)(C)C)c(n2)[C@@H](N)C1. The Balaban J connectivity index is 1.93. The van der Waals surface area contributed by atoms with Crippen LogP contribution in [0.4, 0.5) is 10.5 Å². The molecule has 0 spiro atoms. The molecule has 3 rings (SSSR count). The highest BCUT2D eigenvalue weighted by Gasteiger charge is 2.28. The number of hydrogen-bond donors (Lipinski definition) is 3. The molecular weight excluding hydrogens is 462 g/mol. The van der Waals surface area contributed by atoms with Crippen molar-refractivity contribution >= 4 is 19.9 Å². The van der Waals surface area contributed by atoms with E-state index in [1.807, 2.05) is 55.8 Å². The summed E-state index contributed by atoms with van der Waals surface area (Å²) >= 11 is 0. The normalized spacial score (nSPS) is 19.3. The molecule has 194 valence electrons. The molecule has 0 saturated heterocycles. The minimum absolute atomic E-state index is 0.203. The fraction of sp³-hybridized carbons (Fsp3) is 0.600. The summed E-state index contributed by atoms with van der Waals surface area (Å²) in [6.45, 7) is 13.9. The number of aliphatic hydroxyl groups is 1. The number of para-hydroxylation sites is 1. The molecule has 2 aromatic rings. The molecule has 1 aliphatic rings. The van der Waals surface area contributed by atoms with Crippen LogP contribution in [0.25, 0.3) is 11.3 Å². The molecule has 1 amide bonds. The number of amides is 1. The number of nitrogens with zero attached hydrogens (tertiary/aromatic N) is 3. The number of aromatic nitrogens is 2. The van der Waals surface area contributed by atoms with Crippen LogP contribution in [0.5, 0.6) is 0 Å². The lowest BCUT2D eigenvalue weighted by Gasteiger charge is -2.30. The van der Waals surface area contributed by atoms with Crippen molar-refractivity contribution in [2.45, 2.75) is 77.5 Å². The third kappa shape index (κ3) is 8.06. The lowest BCUT2D eigenvalue weighted by atomic mass is 10.1. The molecule has 0 aliphatic carbocycles. The Kier molecular flexibility index (Phi) is 8.63. The molecule has 4 N–H and O–H groups in total. The maximum atomic E-state index is 12.9. The summed E-state index contributed by atoms with van der Waals surface area (Å²) in [6.07, 6.45) is 0.910. The van der Waals surface area contributed by atoms with Gasteiger partial charge in [0.25, 0.3) is 0 Å². The molecule has 2 heterocycles. The first-order valence-corrected chi connectivity index (χ1v) is 16.0. The number of carbonyl (C=O) groups excluding carboxylic acids is 1. The fourth-order valence-corrected chi connectivity index (χ4v) is 4.52. The Morgan fingerprint density at radius 3 is 2.69 bits per heavy atom. The van der Waals surface area contributed by atoms with Crippen molar-refractivity contribution in [2.75, 3.05) is 25.0 Å². The van der Waals surface area contributed by atoms with Gasteiger partial charge in [-0.3, -0.25) is 0 Å². The van der Waals surface area contributed by atoms with Crippen LogP contribution in [0.3, 0.4) is 0 Å². The van der Waals surface area contributed by atoms with Crippen LogP contribution in [0.15, 0.2) is 30.5 Å². The van der Waals surface area contributed by atoms with Crippen LogP contribution in [0.1, 0.15) is 39.1 Å². The molecule has 2 atom stereocenters. The molecule has 1 unspecified atom stereocenters. The monoisotopic (exact) mass is 503 g/mol. The second-order valence-corrected chi connectivity index (χ2v) is 17.0. The van der Waals surface area contributed by atoms with Crippen LogP contribution in [0, 0.1) is 0 Å². The van der Waals surface area contributed by atoms with Crippen molar-refractivity contribution in [1.82, 2.24) is 14.5 Å². The third-order valence-electron chi connectivity index (χ3n) is 5.63. The van der Waals surface area contributed by atoms with E-state index >= 15 is 0 Å². The van der Waals surface area contributed by atoms with Gasteiger partial charge < -0.3 is 35.1 Å². The molecule has 0 saturated carbocycles. The summed E-state index contributed by atoms with van der Waals surface area (Å²) in [7, 11) is -1.21. The van der Waals surface area contributed by atoms with Gasteiger partial charge in [-0.15, -0.1) is 0 Å². The number of imidazole rings is 1. The summed E-state index contributed by atoms with van der Waals surface area (Å²) in [5.74, 6) is 0.637. The van der Waals surface area contributed by atoms with E-state index < -0.39 is 32.0 Å². The van der Waals surface area contributed by atoms with Crippen LogP contribution >= 0.6 is 0 Å². The Labute approximate surface area is 209 Å². The molecule has 1 aliphatic heterocycles. The first-order valence-electron chi connectivity index (χ1n) is 12.2. The molecule has 9 nitrogen and oxygen atoms in total. The Bertz CT molecular complexity index is 998. The number of benzene rings is 1. The van der Waals surface area contributed by atoms with Gasteiger partial charge >= 0.3 is 6.09 Å². The Hall–Kier alpha value is -2.40. The second kappa shape index (κ2) is 11.1. The number of nitrogens with two attached hydrogens (primary N) is 1. The van der Waals surface area contributed by atoms with E-state index in [9.17, 15) is 9.90 Å². The molecule has 1 aromatic carbocycles. The third-order valence-corrected chi connectivity index (χ3v) is 7.34. The predicted molar refractivity (Wildman–Crippen MR) is 141 cm³/mol. The van der Waals surface area contributed by atoms with Gasteiger partial charge in [0.15, 0.2) is 0 Å². The van der Waals surface area contributed by atoms with Crippen molar-refractivity contribution in [3.05, 3.63) is 36.3 Å². The van der Waals surface area contributed by atoms with Crippen LogP contribution in [-0.2, 0) is 16.2 Å². The zero-order chi connectivity index (χ0) is 25.8. The van der Waals surface area contributed by atoms with Crippen molar-refractivity contribution in [2.24, 2.45) is 5.73 Å². The van der Waals surface area contributed by atoms with E-state index in [0.29, 0.717) is 25.6 Å². The van der Waals surface area contributed by atoms with Gasteiger partial charge in [0.2, 0.25) is 0 Å². The number of fused-ring (bicyclic) bond motifs is 4. The zero-order valence-electron chi connectivity index (χ0n) is 21.9. The average Bonchev–Trinajstić information content (AvgIpc) is 3.16. The quantitative estimate of drug-likeness (QED) is 0.413.